The van der Waals surface area contributed by atoms with Crippen LogP contribution in [0.1, 0.15) is 50.8 Å². The van der Waals surface area contributed by atoms with Crippen molar-refractivity contribution < 1.29 is 5.11 Å². The maximum Gasteiger partial charge on any atom is 0.0993 e. The van der Waals surface area contributed by atoms with Gasteiger partial charge in [0.25, 0.3) is 0 Å². The molecule has 0 fully saturated rings. The van der Waals surface area contributed by atoms with Gasteiger partial charge in [0.1, 0.15) is 0 Å². The van der Waals surface area contributed by atoms with Crippen molar-refractivity contribution in [3.8, 4) is 0 Å². The van der Waals surface area contributed by atoms with Crippen LogP contribution in [0.5, 0.6) is 0 Å². The summed E-state index contributed by atoms with van der Waals surface area (Å²) in [5.74, 6) is 0. The number of hydrogen-bond donors (Lipinski definition) is 2. The van der Waals surface area contributed by atoms with Gasteiger partial charge in [-0.05, 0) is 19.3 Å². The molecule has 5 nitrogen and oxygen atoms in total. The number of hydrogen-bond acceptors (Lipinski definition) is 4. The molecule has 0 aliphatic carbocycles. The molecule has 0 aliphatic heterocycles. The lowest BCUT2D eigenvalue weighted by atomic mass is 10.2. The van der Waals surface area contributed by atoms with E-state index in [0.29, 0.717) is 6.61 Å². The molecule has 1 atom stereocenters. The second-order valence-corrected chi connectivity index (χ2v) is 4.06. The molecule has 1 rings (SSSR count). The van der Waals surface area contributed by atoms with Gasteiger partial charge in [-0.1, -0.05) is 25.0 Å². The van der Waals surface area contributed by atoms with E-state index < -0.39 is 0 Å². The molecule has 0 spiro atoms. The number of unbranched alkanes of at least 4 members (excludes halogenated alkanes) is 3. The van der Waals surface area contributed by atoms with E-state index in [9.17, 15) is 0 Å². The van der Waals surface area contributed by atoms with Crippen molar-refractivity contribution in [2.75, 3.05) is 6.61 Å². The van der Waals surface area contributed by atoms with Crippen LogP contribution in [0.2, 0.25) is 0 Å². The number of rotatable bonds is 8. The molecule has 0 bridgehead atoms. The Morgan fingerprint density at radius 3 is 2.81 bits per heavy atom. The molecule has 0 saturated carbocycles. The second kappa shape index (κ2) is 7.35. The molecule has 1 unspecified atom stereocenters. The molecule has 1 heterocycles. The Hall–Kier alpha value is -0.940. The van der Waals surface area contributed by atoms with Crippen molar-refractivity contribution in [1.29, 1.82) is 0 Å². The average Bonchev–Trinajstić information content (AvgIpc) is 2.76. The summed E-state index contributed by atoms with van der Waals surface area (Å²) in [6.45, 7) is 3.21. The molecule has 1 aromatic heterocycles. The van der Waals surface area contributed by atoms with Gasteiger partial charge in [-0.3, -0.25) is 4.68 Å². The molecular formula is C11H22N4O. The van der Waals surface area contributed by atoms with Crippen molar-refractivity contribution in [3.63, 3.8) is 0 Å². The molecule has 0 radical (unpaired) electrons. The third-order valence-corrected chi connectivity index (χ3v) is 2.67. The molecule has 0 saturated heterocycles. The predicted octanol–water partition coefficient (Wildman–Crippen LogP) is 1.24. The van der Waals surface area contributed by atoms with Crippen molar-refractivity contribution in [2.24, 2.45) is 5.73 Å². The Morgan fingerprint density at radius 2 is 2.12 bits per heavy atom. The predicted molar refractivity (Wildman–Crippen MR) is 62.8 cm³/mol. The number of nitrogens with two attached hydrogens (primary N) is 1. The van der Waals surface area contributed by atoms with Crippen LogP contribution in [-0.4, -0.2) is 26.7 Å². The number of aromatic nitrogens is 3. The first-order chi connectivity index (χ1) is 7.77. The number of nitrogens with zero attached hydrogens (tertiary/aromatic N) is 3. The quantitative estimate of drug-likeness (QED) is 0.654. The Bertz CT molecular complexity index is 287. The standard InChI is InChI=1S/C11H22N4O/c1-2-10(12)11-9-15(14-13-11)7-5-3-4-6-8-16/h9-10,16H,2-8,12H2,1H3. The summed E-state index contributed by atoms with van der Waals surface area (Å²) in [4.78, 5) is 0. The van der Waals surface area contributed by atoms with Crippen LogP contribution in [0.3, 0.4) is 0 Å². The number of aliphatic hydroxyl groups excluding tert-OH is 1. The molecule has 0 aliphatic rings. The number of aryl methyl sites for hydroxylation is 1. The first kappa shape index (κ1) is 13.1. The van der Waals surface area contributed by atoms with E-state index in [2.05, 4.69) is 10.3 Å². The molecule has 1 aromatic rings. The Labute approximate surface area is 96.6 Å². The molecule has 0 amide bonds. The van der Waals surface area contributed by atoms with Gasteiger partial charge in [-0.2, -0.15) is 0 Å². The third kappa shape index (κ3) is 4.28. The van der Waals surface area contributed by atoms with Crippen LogP contribution in [-0.2, 0) is 6.54 Å². The lowest BCUT2D eigenvalue weighted by Crippen LogP contribution is -2.08. The first-order valence-electron chi connectivity index (χ1n) is 6.04. The van der Waals surface area contributed by atoms with Crippen molar-refractivity contribution >= 4 is 0 Å². The summed E-state index contributed by atoms with van der Waals surface area (Å²) in [5, 5.41) is 16.7. The molecule has 92 valence electrons. The van der Waals surface area contributed by atoms with Gasteiger partial charge >= 0.3 is 0 Å². The van der Waals surface area contributed by atoms with Crippen LogP contribution in [0.15, 0.2) is 6.20 Å². The summed E-state index contributed by atoms with van der Waals surface area (Å²) < 4.78 is 1.85. The van der Waals surface area contributed by atoms with E-state index in [1.54, 1.807) is 0 Å². The van der Waals surface area contributed by atoms with Gasteiger partial charge in [0, 0.05) is 13.2 Å². The Balaban J connectivity index is 2.24. The highest BCUT2D eigenvalue weighted by Gasteiger charge is 2.07. The van der Waals surface area contributed by atoms with E-state index in [1.165, 1.54) is 0 Å². The SMILES string of the molecule is CCC(N)c1cn(CCCCCCO)nn1. The van der Waals surface area contributed by atoms with Gasteiger partial charge in [0.05, 0.1) is 17.9 Å². The van der Waals surface area contributed by atoms with Gasteiger partial charge in [-0.15, -0.1) is 5.10 Å². The van der Waals surface area contributed by atoms with Gasteiger partial charge in [-0.25, -0.2) is 0 Å². The van der Waals surface area contributed by atoms with E-state index in [4.69, 9.17) is 10.8 Å². The minimum Gasteiger partial charge on any atom is -0.396 e. The normalized spacial score (nSPS) is 12.9. The zero-order valence-electron chi connectivity index (χ0n) is 9.97. The highest BCUT2D eigenvalue weighted by atomic mass is 16.2. The summed E-state index contributed by atoms with van der Waals surface area (Å²) in [5.41, 5.74) is 6.73. The fourth-order valence-corrected chi connectivity index (χ4v) is 1.54. The summed E-state index contributed by atoms with van der Waals surface area (Å²) in [6.07, 6.45) is 6.98. The van der Waals surface area contributed by atoms with Crippen molar-refractivity contribution in [1.82, 2.24) is 15.0 Å². The minimum absolute atomic E-state index is 0.00291. The first-order valence-corrected chi connectivity index (χ1v) is 6.04. The zero-order valence-corrected chi connectivity index (χ0v) is 9.97. The van der Waals surface area contributed by atoms with E-state index in [1.807, 2.05) is 17.8 Å². The number of aliphatic hydroxyl groups is 1. The fraction of sp³-hybridized carbons (Fsp3) is 0.818. The van der Waals surface area contributed by atoms with Gasteiger partial charge < -0.3 is 10.8 Å². The molecule has 5 heteroatoms. The maximum atomic E-state index is 8.63. The largest absolute Gasteiger partial charge is 0.396 e. The monoisotopic (exact) mass is 226 g/mol. The van der Waals surface area contributed by atoms with E-state index in [0.717, 1.165) is 44.3 Å². The summed E-state index contributed by atoms with van der Waals surface area (Å²) in [6, 6.07) is 0.00291. The highest BCUT2D eigenvalue weighted by Crippen LogP contribution is 2.09. The topological polar surface area (TPSA) is 77.0 Å². The van der Waals surface area contributed by atoms with Gasteiger partial charge in [0.2, 0.25) is 0 Å². The smallest absolute Gasteiger partial charge is 0.0993 e. The summed E-state index contributed by atoms with van der Waals surface area (Å²) in [7, 11) is 0. The molecular weight excluding hydrogens is 204 g/mol. The van der Waals surface area contributed by atoms with Crippen LogP contribution < -0.4 is 5.73 Å². The second-order valence-electron chi connectivity index (χ2n) is 4.06. The van der Waals surface area contributed by atoms with Crippen LogP contribution in [0.4, 0.5) is 0 Å². The lowest BCUT2D eigenvalue weighted by molar-refractivity contribution is 0.282. The lowest BCUT2D eigenvalue weighted by Gasteiger charge is -2.02. The molecule has 16 heavy (non-hydrogen) atoms. The van der Waals surface area contributed by atoms with Crippen molar-refractivity contribution in [3.05, 3.63) is 11.9 Å². The Morgan fingerprint density at radius 1 is 1.38 bits per heavy atom. The van der Waals surface area contributed by atoms with Crippen LogP contribution in [0.25, 0.3) is 0 Å². The zero-order chi connectivity index (χ0) is 11.8. The third-order valence-electron chi connectivity index (χ3n) is 2.67. The van der Waals surface area contributed by atoms with Crippen LogP contribution >= 0.6 is 0 Å². The van der Waals surface area contributed by atoms with E-state index in [-0.39, 0.29) is 6.04 Å². The fourth-order valence-electron chi connectivity index (χ4n) is 1.54. The van der Waals surface area contributed by atoms with Crippen LogP contribution in [0, 0.1) is 0 Å². The molecule has 0 aromatic carbocycles. The van der Waals surface area contributed by atoms with E-state index >= 15 is 0 Å². The molecule has 3 N–H and O–H groups in total. The van der Waals surface area contributed by atoms with Gasteiger partial charge in [0.15, 0.2) is 0 Å². The maximum absolute atomic E-state index is 8.63. The minimum atomic E-state index is 0.00291. The highest BCUT2D eigenvalue weighted by molar-refractivity contribution is 4.98. The Kier molecular flexibility index (Phi) is 6.03. The van der Waals surface area contributed by atoms with Crippen molar-refractivity contribution in [2.45, 2.75) is 51.6 Å². The summed E-state index contributed by atoms with van der Waals surface area (Å²) >= 11 is 0. The average molecular weight is 226 g/mol.